The van der Waals surface area contributed by atoms with Crippen LogP contribution in [0.2, 0.25) is 0 Å². The van der Waals surface area contributed by atoms with Gasteiger partial charge in [0.25, 0.3) is 0 Å². The van der Waals surface area contributed by atoms with Gasteiger partial charge < -0.3 is 10.2 Å². The molecular formula is C19H30O2. The molecule has 0 unspecified atom stereocenters. The van der Waals surface area contributed by atoms with E-state index in [2.05, 4.69) is 13.8 Å². The van der Waals surface area contributed by atoms with Gasteiger partial charge in [0.1, 0.15) is 0 Å². The van der Waals surface area contributed by atoms with Crippen LogP contribution in [0.5, 0.6) is 0 Å². The molecule has 5 fully saturated rings. The lowest BCUT2D eigenvalue weighted by atomic mass is 9.46. The summed E-state index contributed by atoms with van der Waals surface area (Å²) in [4.78, 5) is 0. The maximum atomic E-state index is 11.0. The summed E-state index contributed by atoms with van der Waals surface area (Å²) >= 11 is 0. The highest BCUT2D eigenvalue weighted by molar-refractivity contribution is 5.25. The third-order valence-corrected chi connectivity index (χ3v) is 9.52. The van der Waals surface area contributed by atoms with Gasteiger partial charge in [-0.2, -0.15) is 0 Å². The van der Waals surface area contributed by atoms with Crippen molar-refractivity contribution >= 4 is 0 Å². The van der Waals surface area contributed by atoms with Crippen molar-refractivity contribution in [3.8, 4) is 0 Å². The quantitative estimate of drug-likeness (QED) is 0.718. The first-order valence-electron chi connectivity index (χ1n) is 9.29. The van der Waals surface area contributed by atoms with Gasteiger partial charge in [-0.1, -0.05) is 13.8 Å². The zero-order chi connectivity index (χ0) is 14.6. The summed E-state index contributed by atoms with van der Waals surface area (Å²) in [7, 11) is 0. The van der Waals surface area contributed by atoms with E-state index in [9.17, 15) is 10.2 Å². The molecule has 9 atom stereocenters. The van der Waals surface area contributed by atoms with Crippen molar-refractivity contribution in [1.82, 2.24) is 0 Å². The lowest BCUT2D eigenvalue weighted by molar-refractivity contribution is -0.155. The van der Waals surface area contributed by atoms with Crippen LogP contribution >= 0.6 is 0 Å². The van der Waals surface area contributed by atoms with Gasteiger partial charge in [0, 0.05) is 5.41 Å². The molecule has 0 aromatic rings. The standard InChI is InChI=1S/C19H30O2/c1-17-7-6-14-12(13(17)3-4-15(17)20)9-16(21)19-10-11(19)5-8-18(14,19)2/h11-16,20-21H,3-10H2,1-2H3/t11-,12+,13+,14+,15+,16-,17-,18+,19-/m0/s1. The van der Waals surface area contributed by atoms with Gasteiger partial charge in [-0.25, -0.2) is 0 Å². The molecule has 0 amide bonds. The van der Waals surface area contributed by atoms with Gasteiger partial charge in [0.15, 0.2) is 0 Å². The van der Waals surface area contributed by atoms with Gasteiger partial charge in [-0.15, -0.1) is 0 Å². The fraction of sp³-hybridized carbons (Fsp3) is 1.00. The number of hydrogen-bond acceptors (Lipinski definition) is 2. The highest BCUT2D eigenvalue weighted by atomic mass is 16.3. The molecule has 5 saturated carbocycles. The first-order valence-corrected chi connectivity index (χ1v) is 9.29. The van der Waals surface area contributed by atoms with Crippen molar-refractivity contribution in [3.63, 3.8) is 0 Å². The third-order valence-electron chi connectivity index (χ3n) is 9.52. The Balaban J connectivity index is 1.55. The number of fused-ring (bicyclic) bond motifs is 4. The first-order chi connectivity index (χ1) is 9.93. The van der Waals surface area contributed by atoms with E-state index in [1.165, 1.54) is 38.5 Å². The normalized spacial score (nSPS) is 68.0. The van der Waals surface area contributed by atoms with Crippen LogP contribution in [-0.4, -0.2) is 22.4 Å². The van der Waals surface area contributed by atoms with Gasteiger partial charge in [-0.05, 0) is 85.9 Å². The minimum atomic E-state index is -0.0958. The Bertz CT molecular complexity index is 490. The molecule has 0 aromatic carbocycles. The van der Waals surface area contributed by atoms with Crippen LogP contribution in [0, 0.1) is 39.9 Å². The maximum absolute atomic E-state index is 11.0. The summed E-state index contributed by atoms with van der Waals surface area (Å²) in [6, 6.07) is 0. The van der Waals surface area contributed by atoms with Crippen LogP contribution in [-0.2, 0) is 0 Å². The number of aliphatic hydroxyl groups excluding tert-OH is 2. The Morgan fingerprint density at radius 1 is 0.857 bits per heavy atom. The molecule has 1 spiro atoms. The summed E-state index contributed by atoms with van der Waals surface area (Å²) in [5.41, 5.74) is 0.845. The number of aliphatic hydroxyl groups is 2. The van der Waals surface area contributed by atoms with E-state index in [1.54, 1.807) is 0 Å². The average molecular weight is 290 g/mol. The van der Waals surface area contributed by atoms with E-state index >= 15 is 0 Å². The van der Waals surface area contributed by atoms with Crippen molar-refractivity contribution < 1.29 is 10.2 Å². The number of rotatable bonds is 0. The molecule has 5 aliphatic carbocycles. The molecule has 0 heterocycles. The molecule has 0 aromatic heterocycles. The zero-order valence-corrected chi connectivity index (χ0v) is 13.5. The predicted octanol–water partition coefficient (Wildman–Crippen LogP) is 3.36. The summed E-state index contributed by atoms with van der Waals surface area (Å²) < 4.78 is 0. The second-order valence-electron chi connectivity index (χ2n) is 9.66. The lowest BCUT2D eigenvalue weighted by Gasteiger charge is -2.59. The Hall–Kier alpha value is -0.0800. The van der Waals surface area contributed by atoms with E-state index in [4.69, 9.17) is 0 Å². The van der Waals surface area contributed by atoms with E-state index < -0.39 is 0 Å². The molecule has 5 aliphatic rings. The minimum Gasteiger partial charge on any atom is -0.393 e. The van der Waals surface area contributed by atoms with Crippen LogP contribution in [0.1, 0.15) is 65.2 Å². The van der Waals surface area contributed by atoms with Crippen LogP contribution in [0.15, 0.2) is 0 Å². The largest absolute Gasteiger partial charge is 0.393 e. The molecule has 5 rings (SSSR count). The van der Waals surface area contributed by atoms with E-state index in [1.807, 2.05) is 0 Å². The topological polar surface area (TPSA) is 40.5 Å². The molecule has 0 bridgehead atoms. The summed E-state index contributed by atoms with van der Waals surface area (Å²) in [6.45, 7) is 4.85. The van der Waals surface area contributed by atoms with Crippen LogP contribution in [0.25, 0.3) is 0 Å². The predicted molar refractivity (Wildman–Crippen MR) is 81.6 cm³/mol. The Morgan fingerprint density at radius 2 is 1.67 bits per heavy atom. The molecule has 118 valence electrons. The maximum Gasteiger partial charge on any atom is 0.0607 e. The van der Waals surface area contributed by atoms with Crippen LogP contribution in [0.4, 0.5) is 0 Å². The number of hydrogen-bond donors (Lipinski definition) is 2. The molecule has 0 saturated heterocycles. The highest BCUT2D eigenvalue weighted by Crippen LogP contribution is 2.81. The fourth-order valence-corrected chi connectivity index (χ4v) is 8.28. The minimum absolute atomic E-state index is 0.0589. The molecular weight excluding hydrogens is 260 g/mol. The van der Waals surface area contributed by atoms with Crippen molar-refractivity contribution in [2.75, 3.05) is 0 Å². The van der Waals surface area contributed by atoms with Crippen molar-refractivity contribution in [2.45, 2.75) is 77.4 Å². The monoisotopic (exact) mass is 290 g/mol. The summed E-state index contributed by atoms with van der Waals surface area (Å²) in [5, 5.41) is 21.5. The molecule has 0 radical (unpaired) electrons. The highest BCUT2D eigenvalue weighted by Gasteiger charge is 2.77. The fourth-order valence-electron chi connectivity index (χ4n) is 8.28. The van der Waals surface area contributed by atoms with Crippen LogP contribution < -0.4 is 0 Å². The molecule has 2 N–H and O–H groups in total. The Morgan fingerprint density at radius 3 is 2.43 bits per heavy atom. The lowest BCUT2D eigenvalue weighted by Crippen LogP contribution is -2.56. The Labute approximate surface area is 128 Å². The molecule has 21 heavy (non-hydrogen) atoms. The second kappa shape index (κ2) is 3.70. The van der Waals surface area contributed by atoms with Crippen molar-refractivity contribution in [1.29, 1.82) is 0 Å². The first kappa shape index (κ1) is 13.4. The van der Waals surface area contributed by atoms with Gasteiger partial charge in [0.05, 0.1) is 12.2 Å². The SMILES string of the molecule is C[C@]12CC[C@@H]3[C@H](C[C@H](O)[C@]45C[C@@H]4CC[C@]35C)[C@H]1CC[C@H]2O. The van der Waals surface area contributed by atoms with Crippen molar-refractivity contribution in [2.24, 2.45) is 39.9 Å². The molecule has 0 aliphatic heterocycles. The molecule has 2 nitrogen and oxygen atoms in total. The van der Waals surface area contributed by atoms with E-state index in [0.717, 1.165) is 24.7 Å². The third kappa shape index (κ3) is 1.27. The van der Waals surface area contributed by atoms with E-state index in [0.29, 0.717) is 22.7 Å². The van der Waals surface area contributed by atoms with Crippen molar-refractivity contribution in [3.05, 3.63) is 0 Å². The average Bonchev–Trinajstić information content (AvgIpc) is 3.01. The van der Waals surface area contributed by atoms with E-state index in [-0.39, 0.29) is 17.6 Å². The van der Waals surface area contributed by atoms with Gasteiger partial charge in [-0.3, -0.25) is 0 Å². The smallest absolute Gasteiger partial charge is 0.0607 e. The van der Waals surface area contributed by atoms with Crippen LogP contribution in [0.3, 0.4) is 0 Å². The Kier molecular flexibility index (Phi) is 2.35. The molecule has 2 heteroatoms. The van der Waals surface area contributed by atoms with Gasteiger partial charge in [0.2, 0.25) is 0 Å². The zero-order valence-electron chi connectivity index (χ0n) is 13.5. The van der Waals surface area contributed by atoms with Gasteiger partial charge >= 0.3 is 0 Å². The summed E-state index contributed by atoms with van der Waals surface area (Å²) in [6.07, 6.45) is 9.59. The summed E-state index contributed by atoms with van der Waals surface area (Å²) in [5.74, 6) is 2.98. The second-order valence-corrected chi connectivity index (χ2v) is 9.66.